The van der Waals surface area contributed by atoms with Crippen molar-refractivity contribution < 1.29 is 14.7 Å². The predicted octanol–water partition coefficient (Wildman–Crippen LogP) is 6.11. The van der Waals surface area contributed by atoms with Gasteiger partial charge in [0.25, 0.3) is 11.8 Å². The Kier molecular flexibility index (Phi) is 5.97. The summed E-state index contributed by atoms with van der Waals surface area (Å²) in [6.45, 7) is 0. The number of rotatable bonds is 5. The van der Waals surface area contributed by atoms with E-state index in [1.165, 1.54) is 12.1 Å². The number of hydrogen-bond acceptors (Lipinski definition) is 3. The fraction of sp³-hybridized carbons (Fsp3) is 0. The van der Waals surface area contributed by atoms with E-state index in [1.54, 1.807) is 42.5 Å². The monoisotopic (exact) mass is 458 g/mol. The molecule has 5 nitrogen and oxygen atoms in total. The number of carbonyl (C=O) groups excluding carboxylic acids is 2. The Morgan fingerprint density at radius 1 is 0.686 bits per heavy atom. The molecule has 0 spiro atoms. The SMILES string of the molecule is O=C(Nc1cccc(O)c1)/C(=C/c1c2ccccc2cc2ccccc12)NC(=O)c1ccccc1. The van der Waals surface area contributed by atoms with Crippen LogP contribution in [0, 0.1) is 0 Å². The van der Waals surface area contributed by atoms with Crippen molar-refractivity contribution in [1.82, 2.24) is 5.32 Å². The molecule has 5 aromatic rings. The van der Waals surface area contributed by atoms with Gasteiger partial charge in [0, 0.05) is 17.3 Å². The number of aromatic hydroxyl groups is 1. The Bertz CT molecular complexity index is 1540. The zero-order valence-corrected chi connectivity index (χ0v) is 18.7. The number of carbonyl (C=O) groups is 2. The molecule has 2 amide bonds. The Labute approximate surface area is 202 Å². The van der Waals surface area contributed by atoms with Crippen LogP contribution in [0.5, 0.6) is 5.75 Å². The highest BCUT2D eigenvalue weighted by molar-refractivity contribution is 6.14. The maximum absolute atomic E-state index is 13.4. The fourth-order valence-electron chi connectivity index (χ4n) is 4.07. The van der Waals surface area contributed by atoms with Crippen LogP contribution in [0.1, 0.15) is 15.9 Å². The highest BCUT2D eigenvalue weighted by atomic mass is 16.3. The lowest BCUT2D eigenvalue weighted by molar-refractivity contribution is -0.113. The van der Waals surface area contributed by atoms with Crippen molar-refractivity contribution in [1.29, 1.82) is 0 Å². The van der Waals surface area contributed by atoms with Crippen molar-refractivity contribution >= 4 is 45.1 Å². The molecule has 170 valence electrons. The van der Waals surface area contributed by atoms with E-state index in [4.69, 9.17) is 0 Å². The lowest BCUT2D eigenvalue weighted by atomic mass is 9.96. The fourth-order valence-corrected chi connectivity index (χ4v) is 4.07. The van der Waals surface area contributed by atoms with Crippen LogP contribution < -0.4 is 10.6 Å². The van der Waals surface area contributed by atoms with E-state index < -0.39 is 11.8 Å². The van der Waals surface area contributed by atoms with Crippen LogP contribution >= 0.6 is 0 Å². The quantitative estimate of drug-likeness (QED) is 0.220. The lowest BCUT2D eigenvalue weighted by Gasteiger charge is -2.14. The number of benzene rings is 5. The number of anilines is 1. The van der Waals surface area contributed by atoms with Gasteiger partial charge in [0.15, 0.2) is 0 Å². The van der Waals surface area contributed by atoms with Crippen LogP contribution in [0.4, 0.5) is 5.69 Å². The summed E-state index contributed by atoms with van der Waals surface area (Å²) in [7, 11) is 0. The molecule has 35 heavy (non-hydrogen) atoms. The molecule has 5 heteroatoms. The number of fused-ring (bicyclic) bond motifs is 2. The van der Waals surface area contributed by atoms with Gasteiger partial charge in [-0.25, -0.2) is 0 Å². The van der Waals surface area contributed by atoms with Crippen molar-refractivity contribution in [3.05, 3.63) is 126 Å². The Morgan fingerprint density at radius 3 is 1.97 bits per heavy atom. The highest BCUT2D eigenvalue weighted by Gasteiger charge is 2.17. The van der Waals surface area contributed by atoms with Gasteiger partial charge in [-0.3, -0.25) is 9.59 Å². The third kappa shape index (κ3) is 4.75. The van der Waals surface area contributed by atoms with E-state index in [0.717, 1.165) is 27.1 Å². The van der Waals surface area contributed by atoms with Gasteiger partial charge in [-0.1, -0.05) is 72.8 Å². The zero-order chi connectivity index (χ0) is 24.2. The Hall–Kier alpha value is -4.90. The summed E-state index contributed by atoms with van der Waals surface area (Å²) in [6.07, 6.45) is 1.71. The first-order valence-corrected chi connectivity index (χ1v) is 11.2. The van der Waals surface area contributed by atoms with Crippen molar-refractivity contribution in [2.45, 2.75) is 0 Å². The molecule has 0 saturated heterocycles. The minimum absolute atomic E-state index is 0.0294. The van der Waals surface area contributed by atoms with Crippen LogP contribution in [-0.4, -0.2) is 16.9 Å². The van der Waals surface area contributed by atoms with Gasteiger partial charge < -0.3 is 15.7 Å². The first-order valence-electron chi connectivity index (χ1n) is 11.2. The van der Waals surface area contributed by atoms with Crippen LogP contribution in [0.25, 0.3) is 27.6 Å². The van der Waals surface area contributed by atoms with Crippen molar-refractivity contribution in [3.63, 3.8) is 0 Å². The minimum Gasteiger partial charge on any atom is -0.508 e. The van der Waals surface area contributed by atoms with Crippen LogP contribution in [0.15, 0.2) is 115 Å². The topological polar surface area (TPSA) is 78.4 Å². The second-order valence-electron chi connectivity index (χ2n) is 8.12. The molecule has 0 radical (unpaired) electrons. The molecule has 0 aliphatic rings. The van der Waals surface area contributed by atoms with E-state index in [1.807, 2.05) is 54.6 Å². The van der Waals surface area contributed by atoms with Gasteiger partial charge >= 0.3 is 0 Å². The average Bonchev–Trinajstić information content (AvgIpc) is 2.88. The van der Waals surface area contributed by atoms with Gasteiger partial charge in [-0.05, 0) is 63.5 Å². The maximum Gasteiger partial charge on any atom is 0.272 e. The van der Waals surface area contributed by atoms with Gasteiger partial charge in [0.2, 0.25) is 0 Å². The predicted molar refractivity (Wildman–Crippen MR) is 140 cm³/mol. The van der Waals surface area contributed by atoms with Crippen LogP contribution in [0.2, 0.25) is 0 Å². The summed E-state index contributed by atoms with van der Waals surface area (Å²) < 4.78 is 0. The number of amides is 2. The lowest BCUT2D eigenvalue weighted by Crippen LogP contribution is -2.30. The smallest absolute Gasteiger partial charge is 0.272 e. The molecule has 0 saturated carbocycles. The summed E-state index contributed by atoms with van der Waals surface area (Å²) >= 11 is 0. The number of phenols is 1. The zero-order valence-electron chi connectivity index (χ0n) is 18.7. The number of hydrogen-bond donors (Lipinski definition) is 3. The second kappa shape index (κ2) is 9.53. The van der Waals surface area contributed by atoms with E-state index in [-0.39, 0.29) is 11.4 Å². The van der Waals surface area contributed by atoms with Crippen molar-refractivity contribution in [2.75, 3.05) is 5.32 Å². The van der Waals surface area contributed by atoms with Crippen LogP contribution in [0.3, 0.4) is 0 Å². The summed E-state index contributed by atoms with van der Waals surface area (Å²) in [6, 6.07) is 33.0. The Balaban J connectivity index is 1.64. The second-order valence-corrected chi connectivity index (χ2v) is 8.12. The largest absolute Gasteiger partial charge is 0.508 e. The number of nitrogens with one attached hydrogen (secondary N) is 2. The molecule has 0 aliphatic heterocycles. The minimum atomic E-state index is -0.503. The van der Waals surface area contributed by atoms with Gasteiger partial charge in [-0.15, -0.1) is 0 Å². The average molecular weight is 459 g/mol. The normalized spacial score (nSPS) is 11.4. The molecule has 0 aromatic heterocycles. The molecule has 0 aliphatic carbocycles. The molecule has 0 fully saturated rings. The summed E-state index contributed by atoms with van der Waals surface area (Å²) in [5, 5.41) is 19.3. The third-order valence-corrected chi connectivity index (χ3v) is 5.73. The molecule has 3 N–H and O–H groups in total. The molecule has 5 aromatic carbocycles. The molecule has 5 rings (SSSR count). The highest BCUT2D eigenvalue weighted by Crippen LogP contribution is 2.30. The van der Waals surface area contributed by atoms with Gasteiger partial charge in [0.05, 0.1) is 0 Å². The maximum atomic E-state index is 13.4. The first-order chi connectivity index (χ1) is 17.1. The summed E-state index contributed by atoms with van der Waals surface area (Å²) in [5.74, 6) is -0.869. The summed E-state index contributed by atoms with van der Waals surface area (Å²) in [5.41, 5.74) is 1.76. The molecule has 0 heterocycles. The van der Waals surface area contributed by atoms with E-state index >= 15 is 0 Å². The van der Waals surface area contributed by atoms with Gasteiger partial charge in [0.1, 0.15) is 11.4 Å². The third-order valence-electron chi connectivity index (χ3n) is 5.73. The Morgan fingerprint density at radius 2 is 1.31 bits per heavy atom. The molecule has 0 unspecified atom stereocenters. The molecule has 0 atom stereocenters. The molecular weight excluding hydrogens is 436 g/mol. The van der Waals surface area contributed by atoms with E-state index in [0.29, 0.717) is 11.3 Å². The first kappa shape index (κ1) is 21.9. The van der Waals surface area contributed by atoms with Gasteiger partial charge in [-0.2, -0.15) is 0 Å². The standard InChI is InChI=1S/C30H22N2O3/c33-24-14-8-13-23(18-24)31-30(35)28(32-29(34)20-9-2-1-3-10-20)19-27-25-15-6-4-11-21(25)17-22-12-5-7-16-26(22)27/h1-19,33H,(H,31,35)(H,32,34)/b28-19-. The van der Waals surface area contributed by atoms with E-state index in [9.17, 15) is 14.7 Å². The molecule has 0 bridgehead atoms. The molecular formula is C30H22N2O3. The van der Waals surface area contributed by atoms with E-state index in [2.05, 4.69) is 16.7 Å². The van der Waals surface area contributed by atoms with Crippen molar-refractivity contribution in [3.8, 4) is 5.75 Å². The van der Waals surface area contributed by atoms with Crippen molar-refractivity contribution in [2.24, 2.45) is 0 Å². The summed E-state index contributed by atoms with van der Waals surface area (Å²) in [4.78, 5) is 26.4. The number of phenolic OH excluding ortho intramolecular Hbond substituents is 1. The van der Waals surface area contributed by atoms with Crippen LogP contribution in [-0.2, 0) is 4.79 Å².